The van der Waals surface area contributed by atoms with Gasteiger partial charge in [-0.1, -0.05) is 62.4 Å². The van der Waals surface area contributed by atoms with Crippen molar-refractivity contribution in [3.05, 3.63) is 102 Å². The van der Waals surface area contributed by atoms with Crippen molar-refractivity contribution in [3.8, 4) is 5.75 Å². The first-order chi connectivity index (χ1) is 31.1. The molecular formula is C46H57N9O9S. The molecule has 5 rings (SSSR count). The molecule has 2 heterocycles. The zero-order chi connectivity index (χ0) is 47.2. The van der Waals surface area contributed by atoms with Gasteiger partial charge in [0.25, 0.3) is 0 Å². The first-order valence-electron chi connectivity index (χ1n) is 21.2. The van der Waals surface area contributed by atoms with Gasteiger partial charge in [0, 0.05) is 53.5 Å². The fourth-order valence-corrected chi connectivity index (χ4v) is 7.75. The molecule has 0 aliphatic heterocycles. The number of benzene rings is 3. The Morgan fingerprint density at radius 3 is 1.62 bits per heavy atom. The summed E-state index contributed by atoms with van der Waals surface area (Å²) in [5, 5.41) is 37.4. The van der Waals surface area contributed by atoms with E-state index in [2.05, 4.69) is 41.9 Å². The minimum atomic E-state index is -1.37. The topological polar surface area (TPSA) is 290 Å². The van der Waals surface area contributed by atoms with Gasteiger partial charge in [-0.25, -0.2) is 4.79 Å². The molecule has 0 saturated heterocycles. The molecule has 0 fully saturated rings. The zero-order valence-electron chi connectivity index (χ0n) is 36.6. The summed E-state index contributed by atoms with van der Waals surface area (Å²) in [6, 6.07) is 13.3. The van der Waals surface area contributed by atoms with Gasteiger partial charge in [-0.2, -0.15) is 11.8 Å². The normalized spacial score (nSPS) is 14.1. The van der Waals surface area contributed by atoms with Crippen LogP contribution in [0.4, 0.5) is 0 Å². The highest BCUT2D eigenvalue weighted by Crippen LogP contribution is 2.22. The van der Waals surface area contributed by atoms with Crippen LogP contribution in [0.1, 0.15) is 43.9 Å². The zero-order valence-corrected chi connectivity index (χ0v) is 37.4. The van der Waals surface area contributed by atoms with Gasteiger partial charge in [-0.15, -0.1) is 0 Å². The number of fused-ring (bicyclic) bond motifs is 2. The monoisotopic (exact) mass is 911 g/mol. The van der Waals surface area contributed by atoms with Crippen LogP contribution in [-0.2, 0) is 52.8 Å². The lowest BCUT2D eigenvalue weighted by Crippen LogP contribution is -2.60. The number of nitrogens with one attached hydrogen (secondary N) is 8. The number of carbonyl (C=O) groups is 7. The number of carboxylic acids is 1. The summed E-state index contributed by atoms with van der Waals surface area (Å²) in [6.45, 7) is 4.54. The Morgan fingerprint density at radius 2 is 1.11 bits per heavy atom. The largest absolute Gasteiger partial charge is 0.508 e. The predicted molar refractivity (Wildman–Crippen MR) is 248 cm³/mol. The number of amides is 6. The molecule has 0 spiro atoms. The molecule has 0 aliphatic carbocycles. The van der Waals surface area contributed by atoms with Crippen molar-refractivity contribution in [2.75, 3.05) is 18.6 Å². The molecule has 5 aromatic rings. The molecule has 0 saturated carbocycles. The van der Waals surface area contributed by atoms with Crippen LogP contribution < -0.4 is 37.6 Å². The van der Waals surface area contributed by atoms with E-state index in [1.807, 2.05) is 54.8 Å². The molecule has 0 unspecified atom stereocenters. The van der Waals surface area contributed by atoms with Crippen molar-refractivity contribution in [2.24, 2.45) is 11.7 Å². The summed E-state index contributed by atoms with van der Waals surface area (Å²) in [4.78, 5) is 101. The lowest BCUT2D eigenvalue weighted by molar-refractivity contribution is -0.142. The molecule has 0 bridgehead atoms. The maximum Gasteiger partial charge on any atom is 0.326 e. The van der Waals surface area contributed by atoms with E-state index in [1.165, 1.54) is 30.8 Å². The van der Waals surface area contributed by atoms with E-state index >= 15 is 0 Å². The van der Waals surface area contributed by atoms with E-state index in [0.29, 0.717) is 22.4 Å². The van der Waals surface area contributed by atoms with Crippen molar-refractivity contribution in [2.45, 2.75) is 82.7 Å². The molecule has 0 radical (unpaired) electrons. The quantitative estimate of drug-likeness (QED) is 0.0449. The number of rotatable bonds is 23. The number of para-hydroxylation sites is 2. The second-order valence-electron chi connectivity index (χ2n) is 16.1. The van der Waals surface area contributed by atoms with Gasteiger partial charge in [0.05, 0.1) is 6.54 Å². The molecule has 3 aromatic carbocycles. The van der Waals surface area contributed by atoms with Crippen molar-refractivity contribution in [1.29, 1.82) is 0 Å². The minimum Gasteiger partial charge on any atom is -0.508 e. The van der Waals surface area contributed by atoms with Crippen LogP contribution in [0.2, 0.25) is 0 Å². The number of phenolic OH excluding ortho intramolecular Hbond substituents is 1. The van der Waals surface area contributed by atoms with Crippen LogP contribution in [0.15, 0.2) is 85.2 Å². The van der Waals surface area contributed by atoms with Gasteiger partial charge in [0.2, 0.25) is 35.4 Å². The number of aromatic nitrogens is 2. The van der Waals surface area contributed by atoms with E-state index in [1.54, 1.807) is 38.4 Å². The molecule has 18 nitrogen and oxygen atoms in total. The van der Waals surface area contributed by atoms with Crippen molar-refractivity contribution >= 4 is 75.0 Å². The van der Waals surface area contributed by atoms with Crippen molar-refractivity contribution in [3.63, 3.8) is 0 Å². The number of nitrogens with two attached hydrogens (primary N) is 1. The third-order valence-corrected chi connectivity index (χ3v) is 11.5. The van der Waals surface area contributed by atoms with Crippen LogP contribution in [0.3, 0.4) is 0 Å². The highest BCUT2D eigenvalue weighted by Gasteiger charge is 2.34. The molecule has 6 atom stereocenters. The van der Waals surface area contributed by atoms with Gasteiger partial charge >= 0.3 is 5.97 Å². The van der Waals surface area contributed by atoms with Crippen LogP contribution >= 0.6 is 11.8 Å². The average Bonchev–Trinajstić information content (AvgIpc) is 3.90. The highest BCUT2D eigenvalue weighted by atomic mass is 32.2. The summed E-state index contributed by atoms with van der Waals surface area (Å²) in [7, 11) is 0. The van der Waals surface area contributed by atoms with Crippen molar-refractivity contribution in [1.82, 2.24) is 41.9 Å². The molecule has 0 aliphatic rings. The molecule has 19 heteroatoms. The van der Waals surface area contributed by atoms with E-state index in [-0.39, 0.29) is 43.9 Å². The van der Waals surface area contributed by atoms with Crippen LogP contribution in [0, 0.1) is 5.92 Å². The number of aromatic amines is 2. The smallest absolute Gasteiger partial charge is 0.326 e. The third-order valence-electron chi connectivity index (χ3n) is 10.9. The summed E-state index contributed by atoms with van der Waals surface area (Å²) in [5.74, 6) is -5.39. The number of carbonyl (C=O) groups excluding carboxylic acids is 6. The summed E-state index contributed by atoms with van der Waals surface area (Å²) >= 11 is 1.41. The van der Waals surface area contributed by atoms with Crippen LogP contribution in [-0.4, -0.2) is 116 Å². The number of H-pyrrole nitrogens is 2. The Hall–Kier alpha value is -6.86. The average molecular weight is 912 g/mol. The number of hydrogen-bond donors (Lipinski definition) is 11. The number of thioether (sulfide) groups is 1. The standard InChI is InChI=1S/C46H57N9O9S/c1-25(2)40(55-39(57)22-47)45(62)50-26(3)41(58)52-36(20-28-23-48-33-11-7-5-9-31(28)33)44(61)53-37(21-29-24-49-34-12-8-6-10-32(29)34)43(60)51-35(17-18-65-4)42(59)54-38(46(63)64)19-27-13-15-30(56)16-14-27/h5-16,23-26,35-38,40,48-49,56H,17-22,47H2,1-4H3,(H,50,62)(H,51,60)(H,52,58)(H,53,61)(H,54,59)(H,55,57)(H,63,64)/t26-,35-,36-,37-,38-,40-/m0/s1. The Bertz CT molecular complexity index is 2470. The SMILES string of the molecule is CSCC[C@H](NC(=O)[C@H](Cc1c[nH]c2ccccc12)NC(=O)[C@H](Cc1c[nH]c2ccccc12)NC(=O)[C@H](C)NC(=O)[C@@H](NC(=O)CN)C(C)C)C(=O)N[C@@H](Cc1ccc(O)cc1)C(=O)O. The van der Waals surface area contributed by atoms with E-state index in [0.717, 1.165) is 21.8 Å². The Morgan fingerprint density at radius 1 is 0.615 bits per heavy atom. The second-order valence-corrected chi connectivity index (χ2v) is 17.1. The summed E-state index contributed by atoms with van der Waals surface area (Å²) in [5.41, 5.74) is 8.90. The number of carboxylic acid groups (broad SMARTS) is 1. The number of phenols is 1. The van der Waals surface area contributed by atoms with E-state index < -0.39 is 77.7 Å². The van der Waals surface area contributed by atoms with E-state index in [4.69, 9.17) is 5.73 Å². The summed E-state index contributed by atoms with van der Waals surface area (Å²) < 4.78 is 0. The maximum atomic E-state index is 14.6. The third kappa shape index (κ3) is 13.6. The predicted octanol–water partition coefficient (Wildman–Crippen LogP) is 1.76. The van der Waals surface area contributed by atoms with Gasteiger partial charge in [-0.3, -0.25) is 28.8 Å². The Labute approximate surface area is 380 Å². The molecule has 346 valence electrons. The van der Waals surface area contributed by atoms with Crippen LogP contribution in [0.25, 0.3) is 21.8 Å². The highest BCUT2D eigenvalue weighted by molar-refractivity contribution is 7.98. The van der Waals surface area contributed by atoms with E-state index in [9.17, 15) is 43.8 Å². The first kappa shape index (κ1) is 49.2. The first-order valence-corrected chi connectivity index (χ1v) is 22.6. The molecule has 65 heavy (non-hydrogen) atoms. The molecular weight excluding hydrogens is 855 g/mol. The van der Waals surface area contributed by atoms with Gasteiger partial charge in [-0.05, 0) is 72.2 Å². The van der Waals surface area contributed by atoms with Crippen molar-refractivity contribution < 1.29 is 43.8 Å². The number of aliphatic carboxylic acids is 1. The lowest BCUT2D eigenvalue weighted by atomic mass is 10.0. The molecule has 6 amide bonds. The number of aromatic hydroxyl groups is 1. The summed E-state index contributed by atoms with van der Waals surface area (Å²) in [6.07, 6.45) is 5.17. The van der Waals surface area contributed by atoms with Gasteiger partial charge in [0.1, 0.15) is 42.0 Å². The fourth-order valence-electron chi connectivity index (χ4n) is 7.28. The van der Waals surface area contributed by atoms with Gasteiger partial charge in [0.15, 0.2) is 0 Å². The lowest BCUT2D eigenvalue weighted by Gasteiger charge is -2.27. The molecule has 12 N–H and O–H groups in total. The maximum absolute atomic E-state index is 14.6. The fraction of sp³-hybridized carbons (Fsp3) is 0.370. The molecule has 2 aromatic heterocycles. The Kier molecular flexibility index (Phi) is 17.5. The van der Waals surface area contributed by atoms with Crippen LogP contribution in [0.5, 0.6) is 5.75 Å². The Balaban J connectivity index is 1.43. The van der Waals surface area contributed by atoms with Gasteiger partial charge < -0.3 is 57.8 Å². The number of hydrogen-bond acceptors (Lipinski definition) is 10. The minimum absolute atomic E-state index is 0.00423. The second kappa shape index (κ2) is 23.2.